The lowest BCUT2D eigenvalue weighted by molar-refractivity contribution is -0.117. The minimum atomic E-state index is -3.62. The zero-order valence-electron chi connectivity index (χ0n) is 25.3. The van der Waals surface area contributed by atoms with Crippen molar-refractivity contribution in [2.45, 2.75) is 50.1 Å². The number of piperazine rings is 1. The van der Waals surface area contributed by atoms with Gasteiger partial charge in [0.1, 0.15) is 17.5 Å². The second kappa shape index (κ2) is 14.4. The first-order valence-electron chi connectivity index (χ1n) is 15.3. The summed E-state index contributed by atoms with van der Waals surface area (Å²) in [5.74, 6) is -2.29. The molecule has 1 aliphatic heterocycles. The summed E-state index contributed by atoms with van der Waals surface area (Å²) < 4.78 is 72.2. The minimum Gasteiger partial charge on any atom is -0.324 e. The summed E-state index contributed by atoms with van der Waals surface area (Å²) in [4.78, 5) is 13.5. The maximum atomic E-state index is 15.2. The molecular weight excluding hydrogens is 603 g/mol. The van der Waals surface area contributed by atoms with E-state index in [1.54, 1.807) is 17.4 Å². The zero-order chi connectivity index (χ0) is 32.1. The van der Waals surface area contributed by atoms with Gasteiger partial charge in [0, 0.05) is 56.4 Å². The highest BCUT2D eigenvalue weighted by atomic mass is 32.2. The second-order valence-corrected chi connectivity index (χ2v) is 13.9. The van der Waals surface area contributed by atoms with E-state index in [1.807, 2.05) is 0 Å². The van der Waals surface area contributed by atoms with Gasteiger partial charge < -0.3 is 16.4 Å². The number of hydrogen-bond donors (Lipinski definition) is 3. The number of rotatable bonds is 13. The van der Waals surface area contributed by atoms with E-state index < -0.39 is 45.5 Å². The Bertz CT molecular complexity index is 1520. The summed E-state index contributed by atoms with van der Waals surface area (Å²) in [6, 6.07) is 14.1. The average molecular weight is 644 g/mol. The number of carbonyl (C=O) groups is 1. The van der Waals surface area contributed by atoms with Gasteiger partial charge in [0.2, 0.25) is 5.91 Å². The van der Waals surface area contributed by atoms with Gasteiger partial charge in [-0.1, -0.05) is 30.3 Å². The SMILES string of the molecule is CN(CC1CC1)S(=O)(=O)N1CCNCC1CCCc1c(F)cccc1NC(=O)C(N)C(c1ccc(F)cc1)c1ccc(F)cc1. The average Bonchev–Trinajstić information content (AvgIpc) is 3.84. The third kappa shape index (κ3) is 8.11. The number of nitrogens with one attached hydrogen (secondary N) is 2. The standard InChI is InChI=1S/C33H40F3N5O3S/c1-40(21-22-8-9-22)45(43,44)41-19-18-38-20-27(41)4-2-5-28-29(36)6-3-7-30(28)39-33(42)32(37)31(23-10-14-25(34)15-11-23)24-12-16-26(35)17-13-24/h3,6-7,10-17,22,27,31-32,38H,2,4-5,8-9,18-21,37H2,1H3,(H,39,42). The van der Waals surface area contributed by atoms with Crippen molar-refractivity contribution >= 4 is 21.8 Å². The fraction of sp³-hybridized carbons (Fsp3) is 0.424. The lowest BCUT2D eigenvalue weighted by atomic mass is 9.85. The molecule has 0 bridgehead atoms. The molecule has 8 nitrogen and oxygen atoms in total. The summed E-state index contributed by atoms with van der Waals surface area (Å²) in [5.41, 5.74) is 8.17. The van der Waals surface area contributed by atoms with Crippen LogP contribution in [0, 0.1) is 23.4 Å². The van der Waals surface area contributed by atoms with Gasteiger partial charge >= 0.3 is 0 Å². The molecule has 1 heterocycles. The van der Waals surface area contributed by atoms with Crippen molar-refractivity contribution in [1.29, 1.82) is 0 Å². The van der Waals surface area contributed by atoms with Crippen molar-refractivity contribution in [1.82, 2.24) is 13.9 Å². The predicted molar refractivity (Wildman–Crippen MR) is 168 cm³/mol. The van der Waals surface area contributed by atoms with E-state index in [0.29, 0.717) is 61.6 Å². The maximum Gasteiger partial charge on any atom is 0.282 e. The topological polar surface area (TPSA) is 108 Å². The predicted octanol–water partition coefficient (Wildman–Crippen LogP) is 4.38. The van der Waals surface area contributed by atoms with Crippen molar-refractivity contribution in [3.63, 3.8) is 0 Å². The molecule has 1 saturated carbocycles. The smallest absolute Gasteiger partial charge is 0.282 e. The van der Waals surface area contributed by atoms with Gasteiger partial charge in [0.15, 0.2) is 0 Å². The first-order valence-corrected chi connectivity index (χ1v) is 16.7. The Morgan fingerprint density at radius 2 is 1.64 bits per heavy atom. The third-order valence-corrected chi connectivity index (χ3v) is 10.7. The van der Waals surface area contributed by atoms with E-state index >= 15 is 4.39 Å². The lowest BCUT2D eigenvalue weighted by Crippen LogP contribution is -2.56. The fourth-order valence-corrected chi connectivity index (χ4v) is 7.62. The van der Waals surface area contributed by atoms with Gasteiger partial charge in [-0.3, -0.25) is 4.79 Å². The van der Waals surface area contributed by atoms with Crippen molar-refractivity contribution < 1.29 is 26.4 Å². The molecule has 3 aromatic carbocycles. The lowest BCUT2D eigenvalue weighted by Gasteiger charge is -2.37. The van der Waals surface area contributed by atoms with Crippen LogP contribution in [0.15, 0.2) is 66.7 Å². The van der Waals surface area contributed by atoms with Crippen LogP contribution < -0.4 is 16.4 Å². The Balaban J connectivity index is 1.28. The quantitative estimate of drug-likeness (QED) is 0.256. The Hall–Kier alpha value is -3.29. The van der Waals surface area contributed by atoms with Crippen LogP contribution >= 0.6 is 0 Å². The molecule has 5 rings (SSSR count). The molecule has 2 fully saturated rings. The number of halogens is 3. The Kier molecular flexibility index (Phi) is 10.6. The summed E-state index contributed by atoms with van der Waals surface area (Å²) in [7, 11) is -1.99. The summed E-state index contributed by atoms with van der Waals surface area (Å²) in [5, 5.41) is 6.05. The molecule has 2 unspecified atom stereocenters. The van der Waals surface area contributed by atoms with Crippen LogP contribution in [0.3, 0.4) is 0 Å². The van der Waals surface area contributed by atoms with Gasteiger partial charge in [-0.05, 0) is 85.5 Å². The first-order chi connectivity index (χ1) is 21.5. The van der Waals surface area contributed by atoms with Crippen LogP contribution in [0.2, 0.25) is 0 Å². The molecular formula is C33H40F3N5O3S. The number of benzene rings is 3. The van der Waals surface area contributed by atoms with Crippen LogP contribution in [-0.4, -0.2) is 68.2 Å². The highest BCUT2D eigenvalue weighted by Gasteiger charge is 2.37. The molecule has 2 atom stereocenters. The molecule has 0 radical (unpaired) electrons. The van der Waals surface area contributed by atoms with E-state index in [-0.39, 0.29) is 18.2 Å². The van der Waals surface area contributed by atoms with Gasteiger partial charge in [0.05, 0.1) is 6.04 Å². The highest BCUT2D eigenvalue weighted by Crippen LogP contribution is 2.32. The molecule has 45 heavy (non-hydrogen) atoms. The summed E-state index contributed by atoms with van der Waals surface area (Å²) in [6.07, 6.45) is 3.35. The normalized spacial score (nSPS) is 18.3. The van der Waals surface area contributed by atoms with E-state index in [9.17, 15) is 22.0 Å². The molecule has 12 heteroatoms. The largest absolute Gasteiger partial charge is 0.324 e. The van der Waals surface area contributed by atoms with Crippen LogP contribution in [0.5, 0.6) is 0 Å². The van der Waals surface area contributed by atoms with E-state index in [4.69, 9.17) is 5.73 Å². The zero-order valence-corrected chi connectivity index (χ0v) is 26.1. The Morgan fingerprint density at radius 1 is 1.02 bits per heavy atom. The molecule has 1 saturated heterocycles. The number of amides is 1. The van der Waals surface area contributed by atoms with Gasteiger partial charge in [-0.2, -0.15) is 17.0 Å². The van der Waals surface area contributed by atoms with Crippen molar-refractivity contribution in [2.75, 3.05) is 38.5 Å². The van der Waals surface area contributed by atoms with Crippen molar-refractivity contribution in [3.8, 4) is 0 Å². The maximum absolute atomic E-state index is 15.2. The summed E-state index contributed by atoms with van der Waals surface area (Å²) in [6.45, 7) is 1.95. The van der Waals surface area contributed by atoms with Crippen molar-refractivity contribution in [3.05, 3.63) is 101 Å². The molecule has 2 aliphatic rings. The summed E-state index contributed by atoms with van der Waals surface area (Å²) >= 11 is 0. The highest BCUT2D eigenvalue weighted by molar-refractivity contribution is 7.86. The van der Waals surface area contributed by atoms with Gasteiger partial charge in [-0.15, -0.1) is 0 Å². The van der Waals surface area contributed by atoms with E-state index in [0.717, 1.165) is 12.8 Å². The number of anilines is 1. The number of hydrogen-bond acceptors (Lipinski definition) is 5. The molecule has 0 spiro atoms. The monoisotopic (exact) mass is 643 g/mol. The minimum absolute atomic E-state index is 0.263. The van der Waals surface area contributed by atoms with Crippen LogP contribution in [0.4, 0.5) is 18.9 Å². The Morgan fingerprint density at radius 3 is 2.24 bits per heavy atom. The molecule has 242 valence electrons. The van der Waals surface area contributed by atoms with Gasteiger partial charge in [-0.25, -0.2) is 13.2 Å². The number of carbonyl (C=O) groups excluding carboxylic acids is 1. The molecule has 3 aromatic rings. The first kappa shape index (κ1) is 33.1. The number of nitrogens with zero attached hydrogens (tertiary/aromatic N) is 2. The fourth-order valence-electron chi connectivity index (χ4n) is 5.99. The van der Waals surface area contributed by atoms with Crippen LogP contribution in [0.1, 0.15) is 48.3 Å². The van der Waals surface area contributed by atoms with Crippen LogP contribution in [-0.2, 0) is 21.4 Å². The van der Waals surface area contributed by atoms with E-state index in [2.05, 4.69) is 10.6 Å². The van der Waals surface area contributed by atoms with Gasteiger partial charge in [0.25, 0.3) is 10.2 Å². The molecule has 0 aromatic heterocycles. The van der Waals surface area contributed by atoms with E-state index in [1.165, 1.54) is 65.0 Å². The number of nitrogens with two attached hydrogens (primary N) is 1. The Labute approximate surface area is 263 Å². The van der Waals surface area contributed by atoms with Crippen molar-refractivity contribution in [2.24, 2.45) is 11.7 Å². The van der Waals surface area contributed by atoms with Crippen LogP contribution in [0.25, 0.3) is 0 Å². The molecule has 1 aliphatic carbocycles. The third-order valence-electron chi connectivity index (χ3n) is 8.66. The molecule has 1 amide bonds. The molecule has 4 N–H and O–H groups in total. The second-order valence-electron chi connectivity index (χ2n) is 12.0.